The molecule has 0 atom stereocenters. The van der Waals surface area contributed by atoms with E-state index in [1.54, 1.807) is 12.1 Å². The first-order valence-corrected chi connectivity index (χ1v) is 9.12. The first-order valence-electron chi connectivity index (χ1n) is 7.64. The average Bonchev–Trinajstić information content (AvgIpc) is 2.47. The zero-order chi connectivity index (χ0) is 15.9. The molecule has 0 saturated heterocycles. The van der Waals surface area contributed by atoms with Crippen LogP contribution in [0.2, 0.25) is 0 Å². The lowest BCUT2D eigenvalue weighted by molar-refractivity contribution is 0.388. The summed E-state index contributed by atoms with van der Waals surface area (Å²) in [6.45, 7) is 6.90. The molecule has 0 amide bonds. The highest BCUT2D eigenvalue weighted by atomic mass is 32.2. The van der Waals surface area contributed by atoms with Crippen molar-refractivity contribution in [1.82, 2.24) is 10.0 Å². The average molecular weight is 312 g/mol. The van der Waals surface area contributed by atoms with Crippen molar-refractivity contribution < 1.29 is 8.42 Å². The minimum atomic E-state index is -3.45. The zero-order valence-electron chi connectivity index (χ0n) is 13.6. The molecule has 0 aliphatic rings. The van der Waals surface area contributed by atoms with Crippen LogP contribution in [0.5, 0.6) is 0 Å². The molecular weight excluding hydrogens is 284 g/mol. The first-order chi connectivity index (χ1) is 9.87. The van der Waals surface area contributed by atoms with Gasteiger partial charge in [0, 0.05) is 5.54 Å². The molecule has 2 N–H and O–H groups in total. The van der Waals surface area contributed by atoms with E-state index in [-0.39, 0.29) is 5.54 Å². The van der Waals surface area contributed by atoms with E-state index >= 15 is 0 Å². The van der Waals surface area contributed by atoms with E-state index in [0.717, 1.165) is 37.8 Å². The second-order valence-corrected chi connectivity index (χ2v) is 7.41. The topological polar surface area (TPSA) is 58.2 Å². The summed E-state index contributed by atoms with van der Waals surface area (Å²) >= 11 is 0. The molecule has 0 aliphatic heterocycles. The van der Waals surface area contributed by atoms with Crippen molar-refractivity contribution in [3.05, 3.63) is 29.8 Å². The predicted octanol–water partition coefficient (Wildman–Crippen LogP) is 2.70. The van der Waals surface area contributed by atoms with Crippen LogP contribution in [-0.4, -0.2) is 27.5 Å². The van der Waals surface area contributed by atoms with Crippen LogP contribution in [0.4, 0.5) is 0 Å². The number of sulfonamides is 1. The molecule has 0 fully saturated rings. The van der Waals surface area contributed by atoms with E-state index in [9.17, 15) is 8.42 Å². The fraction of sp³-hybridized carbons (Fsp3) is 0.625. The van der Waals surface area contributed by atoms with Gasteiger partial charge in [0.25, 0.3) is 0 Å². The van der Waals surface area contributed by atoms with Gasteiger partial charge in [-0.25, -0.2) is 13.1 Å². The summed E-state index contributed by atoms with van der Waals surface area (Å²) in [5.74, 6) is 0. The second kappa shape index (κ2) is 7.92. The maximum Gasteiger partial charge on any atom is 0.241 e. The summed E-state index contributed by atoms with van der Waals surface area (Å²) in [5.41, 5.74) is 0.780. The van der Waals surface area contributed by atoms with Gasteiger partial charge >= 0.3 is 0 Å². The molecule has 0 bridgehead atoms. The molecule has 1 aromatic rings. The highest BCUT2D eigenvalue weighted by molar-refractivity contribution is 7.89. The summed E-state index contributed by atoms with van der Waals surface area (Å²) in [5, 5.41) is 3.11. The van der Waals surface area contributed by atoms with Gasteiger partial charge in [-0.1, -0.05) is 26.0 Å². The monoisotopic (exact) mass is 312 g/mol. The second-order valence-electron chi connectivity index (χ2n) is 5.72. The van der Waals surface area contributed by atoms with Crippen molar-refractivity contribution in [2.24, 2.45) is 0 Å². The molecule has 0 radical (unpaired) electrons. The van der Waals surface area contributed by atoms with E-state index in [1.165, 1.54) is 0 Å². The Kier molecular flexibility index (Phi) is 6.84. The standard InChI is InChI=1S/C16H28N2O2S/c1-5-16(3,6-2)18-21(19,20)15-11-9-14(10-12-15)8-7-13-17-4/h9-12,17-18H,5-8,13H2,1-4H3. The van der Waals surface area contributed by atoms with Crippen molar-refractivity contribution in [3.63, 3.8) is 0 Å². The van der Waals surface area contributed by atoms with Crippen molar-refractivity contribution in [3.8, 4) is 0 Å². The molecule has 120 valence electrons. The Bertz CT molecular complexity index is 520. The molecule has 0 unspecified atom stereocenters. The maximum atomic E-state index is 12.4. The van der Waals surface area contributed by atoms with Crippen LogP contribution < -0.4 is 10.0 Å². The number of hydrogen-bond donors (Lipinski definition) is 2. The van der Waals surface area contributed by atoms with Crippen LogP contribution in [0.15, 0.2) is 29.2 Å². The molecule has 0 spiro atoms. The Balaban J connectivity index is 2.80. The lowest BCUT2D eigenvalue weighted by Gasteiger charge is -2.27. The van der Waals surface area contributed by atoms with E-state index in [4.69, 9.17) is 0 Å². The Morgan fingerprint density at radius 1 is 1.10 bits per heavy atom. The third-order valence-electron chi connectivity index (χ3n) is 4.07. The van der Waals surface area contributed by atoms with E-state index < -0.39 is 10.0 Å². The number of nitrogens with one attached hydrogen (secondary N) is 2. The van der Waals surface area contributed by atoms with Crippen LogP contribution in [-0.2, 0) is 16.4 Å². The van der Waals surface area contributed by atoms with Crippen LogP contribution in [0.3, 0.4) is 0 Å². The van der Waals surface area contributed by atoms with Crippen LogP contribution >= 0.6 is 0 Å². The predicted molar refractivity (Wildman–Crippen MR) is 88.0 cm³/mol. The van der Waals surface area contributed by atoms with Gasteiger partial charge in [0.1, 0.15) is 0 Å². The third-order valence-corrected chi connectivity index (χ3v) is 5.72. The molecule has 0 heterocycles. The molecule has 0 aromatic heterocycles. The first kappa shape index (κ1) is 18.1. The van der Waals surface area contributed by atoms with Crippen molar-refractivity contribution >= 4 is 10.0 Å². The normalized spacial score (nSPS) is 12.6. The van der Waals surface area contributed by atoms with E-state index in [2.05, 4.69) is 10.0 Å². The van der Waals surface area contributed by atoms with E-state index in [0.29, 0.717) is 4.90 Å². The van der Waals surface area contributed by atoms with Gasteiger partial charge in [0.15, 0.2) is 0 Å². The maximum absolute atomic E-state index is 12.4. The molecule has 0 saturated carbocycles. The number of aryl methyl sites for hydroxylation is 1. The number of rotatable bonds is 9. The quantitative estimate of drug-likeness (QED) is 0.689. The lowest BCUT2D eigenvalue weighted by atomic mass is 9.98. The molecule has 21 heavy (non-hydrogen) atoms. The summed E-state index contributed by atoms with van der Waals surface area (Å²) in [6.07, 6.45) is 3.54. The van der Waals surface area contributed by atoms with Gasteiger partial charge in [0.2, 0.25) is 10.0 Å². The van der Waals surface area contributed by atoms with Crippen molar-refractivity contribution in [1.29, 1.82) is 0 Å². The minimum absolute atomic E-state index is 0.341. The van der Waals surface area contributed by atoms with Gasteiger partial charge in [0.05, 0.1) is 4.90 Å². The molecule has 0 aliphatic carbocycles. The summed E-state index contributed by atoms with van der Waals surface area (Å²) < 4.78 is 27.7. The smallest absolute Gasteiger partial charge is 0.241 e. The number of benzene rings is 1. The Morgan fingerprint density at radius 2 is 1.67 bits per heavy atom. The van der Waals surface area contributed by atoms with Gasteiger partial charge in [-0.2, -0.15) is 0 Å². The summed E-state index contributed by atoms with van der Waals surface area (Å²) in [6, 6.07) is 7.20. The number of hydrogen-bond acceptors (Lipinski definition) is 3. The summed E-state index contributed by atoms with van der Waals surface area (Å²) in [7, 11) is -1.52. The minimum Gasteiger partial charge on any atom is -0.320 e. The molecule has 5 heteroatoms. The van der Waals surface area contributed by atoms with Crippen LogP contribution in [0.25, 0.3) is 0 Å². The van der Waals surface area contributed by atoms with Crippen molar-refractivity contribution in [2.45, 2.75) is 56.9 Å². The summed E-state index contributed by atoms with van der Waals surface area (Å²) in [4.78, 5) is 0.341. The molecule has 1 rings (SSSR count). The van der Waals surface area contributed by atoms with Gasteiger partial charge in [-0.3, -0.25) is 0 Å². The van der Waals surface area contributed by atoms with Crippen LogP contribution in [0, 0.1) is 0 Å². The zero-order valence-corrected chi connectivity index (χ0v) is 14.4. The van der Waals surface area contributed by atoms with Crippen molar-refractivity contribution in [2.75, 3.05) is 13.6 Å². The van der Waals surface area contributed by atoms with Gasteiger partial charge in [-0.05, 0) is 63.9 Å². The molecular formula is C16H28N2O2S. The van der Waals surface area contributed by atoms with Crippen LogP contribution in [0.1, 0.15) is 45.6 Å². The Morgan fingerprint density at radius 3 is 2.14 bits per heavy atom. The largest absolute Gasteiger partial charge is 0.320 e. The Hall–Kier alpha value is -0.910. The SMILES string of the molecule is CCC(C)(CC)NS(=O)(=O)c1ccc(CCCNC)cc1. The third kappa shape index (κ3) is 5.41. The molecule has 4 nitrogen and oxygen atoms in total. The highest BCUT2D eigenvalue weighted by Crippen LogP contribution is 2.19. The Labute approximate surface area is 129 Å². The van der Waals surface area contributed by atoms with E-state index in [1.807, 2.05) is 40.0 Å². The van der Waals surface area contributed by atoms with Gasteiger partial charge < -0.3 is 5.32 Å². The van der Waals surface area contributed by atoms with Gasteiger partial charge in [-0.15, -0.1) is 0 Å². The lowest BCUT2D eigenvalue weighted by Crippen LogP contribution is -2.44. The molecule has 1 aromatic carbocycles. The highest BCUT2D eigenvalue weighted by Gasteiger charge is 2.27. The fourth-order valence-corrected chi connectivity index (χ4v) is 3.63. The fourth-order valence-electron chi connectivity index (χ4n) is 2.08.